The lowest BCUT2D eigenvalue weighted by molar-refractivity contribution is -0.134. The first-order valence-corrected chi connectivity index (χ1v) is 9.40. The average molecular weight is 392 g/mol. The van der Waals surface area contributed by atoms with E-state index < -0.39 is 17.2 Å². The molecular formula is C21H20N4O4. The maximum absolute atomic E-state index is 13.9. The molecule has 4 N–H and O–H groups in total. The number of aromatic nitrogens is 1. The van der Waals surface area contributed by atoms with E-state index in [9.17, 15) is 14.4 Å². The molecule has 2 heterocycles. The summed E-state index contributed by atoms with van der Waals surface area (Å²) in [5, 5.41) is 0. The summed E-state index contributed by atoms with van der Waals surface area (Å²) in [5.41, 5.74) is 12.0. The second-order valence-corrected chi connectivity index (χ2v) is 8.65. The molecule has 1 spiro atoms. The molecule has 8 nitrogen and oxygen atoms in total. The number of fused-ring (bicyclic) bond motifs is 6. The van der Waals surface area contributed by atoms with E-state index in [1.807, 2.05) is 26.0 Å². The smallest absolute Gasteiger partial charge is 0.292 e. The van der Waals surface area contributed by atoms with Gasteiger partial charge in [0.15, 0.2) is 17.0 Å². The van der Waals surface area contributed by atoms with Crippen molar-refractivity contribution in [3.8, 4) is 11.3 Å². The minimum absolute atomic E-state index is 0.0734. The van der Waals surface area contributed by atoms with Gasteiger partial charge in [0, 0.05) is 23.3 Å². The number of nitrogens with zero attached hydrogens (tertiary/aromatic N) is 2. The fraction of sp³-hybridized carbons (Fsp3) is 0.333. The first-order chi connectivity index (χ1) is 13.7. The number of rotatable bonds is 2. The number of benzene rings is 1. The first-order valence-electron chi connectivity index (χ1n) is 9.40. The minimum Gasteiger partial charge on any atom is -0.423 e. The highest BCUT2D eigenvalue weighted by Crippen LogP contribution is 2.60. The number of nitrogen functional groups attached to an aromatic ring is 1. The Kier molecular flexibility index (Phi) is 3.25. The largest absolute Gasteiger partial charge is 0.423 e. The second-order valence-electron chi connectivity index (χ2n) is 8.65. The van der Waals surface area contributed by atoms with E-state index in [4.69, 9.17) is 15.9 Å². The molecular weight excluding hydrogens is 372 g/mol. The number of hydrogen-bond acceptors (Lipinski definition) is 6. The molecule has 2 amide bonds. The quantitative estimate of drug-likeness (QED) is 0.796. The van der Waals surface area contributed by atoms with Crippen molar-refractivity contribution in [2.45, 2.75) is 32.1 Å². The van der Waals surface area contributed by atoms with E-state index in [-0.39, 0.29) is 30.2 Å². The molecule has 8 heteroatoms. The van der Waals surface area contributed by atoms with Crippen molar-refractivity contribution in [2.75, 3.05) is 12.3 Å². The summed E-state index contributed by atoms with van der Waals surface area (Å²) in [6.07, 6.45) is 0.760. The zero-order valence-corrected chi connectivity index (χ0v) is 16.1. The number of hydrogen-bond donors (Lipinski definition) is 2. The Morgan fingerprint density at radius 1 is 1.24 bits per heavy atom. The molecule has 148 valence electrons. The number of anilines is 1. The number of carbonyl (C=O) groups excluding carboxylic acids is 3. The number of ketones is 1. The van der Waals surface area contributed by atoms with Crippen molar-refractivity contribution >= 4 is 23.6 Å². The molecule has 0 radical (unpaired) electrons. The Labute approximate surface area is 166 Å². The lowest BCUT2D eigenvalue weighted by Crippen LogP contribution is -2.44. The fourth-order valence-electron chi connectivity index (χ4n) is 5.08. The highest BCUT2D eigenvalue weighted by atomic mass is 16.4. The summed E-state index contributed by atoms with van der Waals surface area (Å²) < 4.78 is 5.63. The Hall–Kier alpha value is -3.42. The summed E-state index contributed by atoms with van der Waals surface area (Å²) in [5.74, 6) is -0.811. The number of Topliss-reactive ketones (excluding diaryl/α,β-unsaturated/α-hetero) is 1. The van der Waals surface area contributed by atoms with Crippen LogP contribution in [0.25, 0.3) is 11.3 Å². The Morgan fingerprint density at radius 2 is 1.97 bits per heavy atom. The summed E-state index contributed by atoms with van der Waals surface area (Å²) in [6.45, 7) is 3.64. The van der Waals surface area contributed by atoms with Crippen LogP contribution in [0.3, 0.4) is 0 Å². The molecule has 1 aromatic heterocycles. The predicted molar refractivity (Wildman–Crippen MR) is 103 cm³/mol. The van der Waals surface area contributed by atoms with Crippen molar-refractivity contribution in [3.05, 3.63) is 46.8 Å². The standard InChI is InChI=1S/C21H20N4O4/c1-20(2)7-12-15(13(26)8-20)21(18(28)25(12)9-14(22)27)11-6-4-3-5-10(11)16-17(21)24-19(23)29-16/h3-6H,7-9H2,1-2H3,(H2,22,27)(H2,23,24)/t21-/m1/s1. The third kappa shape index (κ3) is 2.08. The van der Waals surface area contributed by atoms with E-state index in [0.717, 1.165) is 0 Å². The SMILES string of the molecule is CC1(C)CC(=O)C2=C(C1)N(CC(N)=O)C(=O)[C@]21c2ccccc2-c2oc(N)nc21. The third-order valence-electron chi connectivity index (χ3n) is 6.01. The number of oxazole rings is 1. The van der Waals surface area contributed by atoms with Crippen LogP contribution in [0.15, 0.2) is 40.0 Å². The maximum atomic E-state index is 13.9. The van der Waals surface area contributed by atoms with Crippen LogP contribution in [0, 0.1) is 5.41 Å². The molecule has 2 aliphatic carbocycles. The van der Waals surface area contributed by atoms with Gasteiger partial charge in [-0.3, -0.25) is 14.4 Å². The topological polar surface area (TPSA) is 133 Å². The Balaban J connectivity index is 1.87. The molecule has 1 atom stereocenters. The van der Waals surface area contributed by atoms with Crippen LogP contribution in [0.4, 0.5) is 6.01 Å². The summed E-state index contributed by atoms with van der Waals surface area (Å²) >= 11 is 0. The van der Waals surface area contributed by atoms with E-state index in [2.05, 4.69) is 4.98 Å². The van der Waals surface area contributed by atoms with Crippen molar-refractivity contribution in [1.82, 2.24) is 9.88 Å². The summed E-state index contributed by atoms with van der Waals surface area (Å²) in [6, 6.07) is 7.16. The molecule has 1 aliphatic heterocycles. The van der Waals surface area contributed by atoms with E-state index in [1.165, 1.54) is 4.90 Å². The molecule has 0 saturated heterocycles. The molecule has 5 rings (SSSR count). The Morgan fingerprint density at radius 3 is 2.69 bits per heavy atom. The highest BCUT2D eigenvalue weighted by Gasteiger charge is 2.65. The lowest BCUT2D eigenvalue weighted by atomic mass is 9.67. The molecule has 29 heavy (non-hydrogen) atoms. The highest BCUT2D eigenvalue weighted by molar-refractivity contribution is 6.17. The van der Waals surface area contributed by atoms with Gasteiger partial charge in [-0.2, -0.15) is 4.98 Å². The van der Waals surface area contributed by atoms with Crippen LogP contribution in [0.1, 0.15) is 37.9 Å². The summed E-state index contributed by atoms with van der Waals surface area (Å²) in [4.78, 5) is 44.8. The molecule has 1 aromatic carbocycles. The van der Waals surface area contributed by atoms with Crippen molar-refractivity contribution in [3.63, 3.8) is 0 Å². The molecule has 0 fully saturated rings. The average Bonchev–Trinajstić information content (AvgIpc) is 3.20. The molecule has 0 unspecified atom stereocenters. The molecule has 0 bridgehead atoms. The lowest BCUT2D eigenvalue weighted by Gasteiger charge is -2.33. The van der Waals surface area contributed by atoms with Gasteiger partial charge >= 0.3 is 0 Å². The van der Waals surface area contributed by atoms with E-state index in [1.54, 1.807) is 12.1 Å². The third-order valence-corrected chi connectivity index (χ3v) is 6.01. The van der Waals surface area contributed by atoms with Crippen LogP contribution < -0.4 is 11.5 Å². The zero-order valence-electron chi connectivity index (χ0n) is 16.1. The van der Waals surface area contributed by atoms with Crippen LogP contribution in [-0.4, -0.2) is 34.0 Å². The second kappa shape index (κ2) is 5.34. The monoisotopic (exact) mass is 392 g/mol. The van der Waals surface area contributed by atoms with E-state index >= 15 is 0 Å². The van der Waals surface area contributed by atoms with Gasteiger partial charge in [0.2, 0.25) is 11.8 Å². The van der Waals surface area contributed by atoms with Crippen LogP contribution in [-0.2, 0) is 19.8 Å². The molecule has 3 aliphatic rings. The normalized spacial score (nSPS) is 24.1. The predicted octanol–water partition coefficient (Wildman–Crippen LogP) is 1.49. The zero-order chi connectivity index (χ0) is 20.7. The summed E-state index contributed by atoms with van der Waals surface area (Å²) in [7, 11) is 0. The van der Waals surface area contributed by atoms with Gasteiger partial charge in [-0.25, -0.2) is 0 Å². The van der Waals surface area contributed by atoms with Gasteiger partial charge in [-0.15, -0.1) is 0 Å². The van der Waals surface area contributed by atoms with Gasteiger partial charge in [0.1, 0.15) is 12.2 Å². The van der Waals surface area contributed by atoms with Crippen LogP contribution >= 0.6 is 0 Å². The van der Waals surface area contributed by atoms with Crippen LogP contribution in [0.5, 0.6) is 0 Å². The van der Waals surface area contributed by atoms with Crippen molar-refractivity contribution in [2.24, 2.45) is 11.1 Å². The van der Waals surface area contributed by atoms with Gasteiger partial charge in [-0.05, 0) is 17.4 Å². The van der Waals surface area contributed by atoms with Crippen molar-refractivity contribution < 1.29 is 18.8 Å². The fourth-order valence-corrected chi connectivity index (χ4v) is 5.08. The van der Waals surface area contributed by atoms with Gasteiger partial charge in [0.25, 0.3) is 6.01 Å². The number of primary amides is 1. The number of amides is 2. The first kappa shape index (κ1) is 17.7. The Bertz CT molecular complexity index is 1160. The van der Waals surface area contributed by atoms with Gasteiger partial charge in [-0.1, -0.05) is 38.1 Å². The number of allylic oxidation sites excluding steroid dienone is 1. The maximum Gasteiger partial charge on any atom is 0.292 e. The van der Waals surface area contributed by atoms with Crippen molar-refractivity contribution in [1.29, 1.82) is 0 Å². The molecule has 2 aromatic rings. The van der Waals surface area contributed by atoms with Gasteiger partial charge < -0.3 is 20.8 Å². The molecule has 0 saturated carbocycles. The van der Waals surface area contributed by atoms with E-state index in [0.29, 0.717) is 40.3 Å². The number of nitrogens with two attached hydrogens (primary N) is 2. The van der Waals surface area contributed by atoms with Gasteiger partial charge in [0.05, 0.1) is 0 Å². The van der Waals surface area contributed by atoms with Crippen LogP contribution in [0.2, 0.25) is 0 Å². The number of carbonyl (C=O) groups is 3. The minimum atomic E-state index is -1.45.